The van der Waals surface area contributed by atoms with E-state index in [4.69, 9.17) is 30.5 Å². The smallest absolute Gasteiger partial charge is 0.408 e. The van der Waals surface area contributed by atoms with E-state index in [1.54, 1.807) is 25.3 Å². The second kappa shape index (κ2) is 17.6. The number of benzene rings is 2. The Morgan fingerprint density at radius 2 is 1.81 bits per heavy atom. The summed E-state index contributed by atoms with van der Waals surface area (Å²) >= 11 is 6.64. The number of likely N-dealkylation sites (tertiary alicyclic amines) is 1. The number of fused-ring (bicyclic) bond motifs is 1. The van der Waals surface area contributed by atoms with E-state index in [2.05, 4.69) is 21.9 Å². The first-order valence-corrected chi connectivity index (χ1v) is 18.9. The average Bonchev–Trinajstić information content (AvgIpc) is 3.76. The number of aromatic nitrogens is 2. The van der Waals surface area contributed by atoms with Crippen LogP contribution in [-0.2, 0) is 25.5 Å². The van der Waals surface area contributed by atoms with Crippen molar-refractivity contribution in [3.8, 4) is 11.6 Å². The van der Waals surface area contributed by atoms with Crippen molar-refractivity contribution in [3.05, 3.63) is 71.9 Å². The number of carbonyl (C=O) groups excluding carboxylic acids is 3. The zero-order valence-corrected chi connectivity index (χ0v) is 32.4. The van der Waals surface area contributed by atoms with Crippen molar-refractivity contribution in [3.63, 3.8) is 0 Å². The van der Waals surface area contributed by atoms with Crippen molar-refractivity contribution >= 4 is 40.6 Å². The van der Waals surface area contributed by atoms with Crippen LogP contribution in [0.15, 0.2) is 61.2 Å². The lowest BCUT2D eigenvalue weighted by molar-refractivity contribution is -0.157. The molecule has 1 aromatic heterocycles. The molecule has 0 spiro atoms. The normalized spacial score (nSPS) is 21.6. The fraction of sp³-hybridized carbons (Fsp3) is 0.537. The van der Waals surface area contributed by atoms with Crippen LogP contribution in [0.5, 0.6) is 11.6 Å². The lowest BCUT2D eigenvalue weighted by Gasteiger charge is -2.35. The first-order chi connectivity index (χ1) is 25.3. The summed E-state index contributed by atoms with van der Waals surface area (Å²) in [6, 6.07) is 12.9. The van der Waals surface area contributed by atoms with Crippen molar-refractivity contribution in [1.29, 1.82) is 0 Å². The van der Waals surface area contributed by atoms with E-state index in [9.17, 15) is 14.4 Å². The molecule has 286 valence electrons. The van der Waals surface area contributed by atoms with Gasteiger partial charge in [0.15, 0.2) is 5.15 Å². The molecule has 12 heteroatoms. The third kappa shape index (κ3) is 10.4. The van der Waals surface area contributed by atoms with Crippen molar-refractivity contribution < 1.29 is 33.3 Å². The van der Waals surface area contributed by atoms with Gasteiger partial charge in [0.25, 0.3) is 5.88 Å². The molecule has 1 saturated heterocycles. The van der Waals surface area contributed by atoms with Gasteiger partial charge in [0.2, 0.25) is 5.91 Å². The summed E-state index contributed by atoms with van der Waals surface area (Å²) < 4.78 is 23.6. The van der Waals surface area contributed by atoms with Crippen LogP contribution in [-0.4, -0.2) is 77.4 Å². The third-order valence-electron chi connectivity index (χ3n) is 9.78. The highest BCUT2D eigenvalue weighted by Crippen LogP contribution is 2.39. The third-order valence-corrected chi connectivity index (χ3v) is 10.0. The minimum Gasteiger partial charge on any atom is -0.497 e. The van der Waals surface area contributed by atoms with Crippen LogP contribution in [0.1, 0.15) is 72.3 Å². The number of ether oxygens (including phenoxy) is 4. The lowest BCUT2D eigenvalue weighted by atomic mass is 9.85. The number of nitrogens with zero attached hydrogens (tertiary/aromatic N) is 3. The van der Waals surface area contributed by atoms with Gasteiger partial charge in [-0.3, -0.25) is 4.79 Å². The molecule has 3 aromatic rings. The van der Waals surface area contributed by atoms with E-state index in [-0.39, 0.29) is 36.2 Å². The van der Waals surface area contributed by atoms with Gasteiger partial charge in [-0.2, -0.15) is 0 Å². The Hall–Kier alpha value is -4.38. The second-order valence-electron chi connectivity index (χ2n) is 15.6. The van der Waals surface area contributed by atoms with E-state index < -0.39 is 47.5 Å². The highest BCUT2D eigenvalue weighted by Gasteiger charge is 2.53. The first kappa shape index (κ1) is 39.8. The molecule has 0 bridgehead atoms. The van der Waals surface area contributed by atoms with Gasteiger partial charge in [0.05, 0.1) is 31.3 Å². The summed E-state index contributed by atoms with van der Waals surface area (Å²) in [6.07, 6.45) is 5.56. The number of esters is 1. The monoisotopic (exact) mass is 748 g/mol. The Bertz CT molecular complexity index is 1750. The molecule has 1 aliphatic carbocycles. The summed E-state index contributed by atoms with van der Waals surface area (Å²) in [4.78, 5) is 52.9. The number of amides is 2. The van der Waals surface area contributed by atoms with Gasteiger partial charge in [0.1, 0.15) is 30.0 Å². The molecular weight excluding hydrogens is 696 g/mol. The molecule has 1 saturated carbocycles. The van der Waals surface area contributed by atoms with E-state index in [0.717, 1.165) is 37.7 Å². The van der Waals surface area contributed by atoms with Gasteiger partial charge >= 0.3 is 12.1 Å². The number of unbranched alkanes of at least 4 members (excludes halogenated alkanes) is 2. The first-order valence-electron chi connectivity index (χ1n) is 18.6. The molecule has 1 aliphatic heterocycles. The summed E-state index contributed by atoms with van der Waals surface area (Å²) in [5.41, 5.74) is 1.27. The van der Waals surface area contributed by atoms with Gasteiger partial charge in [-0.25, -0.2) is 19.6 Å². The fourth-order valence-corrected chi connectivity index (χ4v) is 6.98. The number of methoxy groups -OCH3 is 1. The Morgan fingerprint density at radius 1 is 1.06 bits per heavy atom. The molecule has 2 fully saturated rings. The summed E-state index contributed by atoms with van der Waals surface area (Å²) in [7, 11) is 1.56. The number of nitrogens with one attached hydrogen (secondary N) is 1. The van der Waals surface area contributed by atoms with Crippen LogP contribution in [0.3, 0.4) is 0 Å². The van der Waals surface area contributed by atoms with Crippen LogP contribution >= 0.6 is 11.6 Å². The summed E-state index contributed by atoms with van der Waals surface area (Å²) in [6.45, 7) is 13.5. The molecule has 2 aliphatic rings. The zero-order chi connectivity index (χ0) is 38.3. The minimum absolute atomic E-state index is 0.00461. The number of hydrogen-bond donors (Lipinski definition) is 1. The maximum atomic E-state index is 14.8. The SMILES string of the molecule is C=CCCCC[C@@H]1C[C@H]1OC(=O)N[C@H](C(=O)N1C[C@H](Oc2nc3cc(OC)ccc3nc2Cl)[C@@H](Cc2ccccc2)[C@H]1C(=O)OCC(C)C)C(C)(C)C. The van der Waals surface area contributed by atoms with Gasteiger partial charge in [-0.15, -0.1) is 6.58 Å². The number of carbonyl (C=O) groups is 3. The highest BCUT2D eigenvalue weighted by molar-refractivity contribution is 6.31. The maximum absolute atomic E-state index is 14.8. The van der Waals surface area contributed by atoms with Gasteiger partial charge in [-0.05, 0) is 67.1 Å². The topological polar surface area (TPSA) is 129 Å². The van der Waals surface area contributed by atoms with Crippen LogP contribution in [0.4, 0.5) is 4.79 Å². The van der Waals surface area contributed by atoms with E-state index in [1.165, 1.54) is 4.90 Å². The molecule has 5 rings (SSSR count). The van der Waals surface area contributed by atoms with Crippen LogP contribution in [0.25, 0.3) is 11.0 Å². The number of allylic oxidation sites excluding steroid dienone is 1. The zero-order valence-electron chi connectivity index (χ0n) is 31.7. The molecule has 2 aromatic carbocycles. The maximum Gasteiger partial charge on any atom is 0.408 e. The molecule has 2 heterocycles. The van der Waals surface area contributed by atoms with Gasteiger partial charge in [0, 0.05) is 12.0 Å². The largest absolute Gasteiger partial charge is 0.497 e. The van der Waals surface area contributed by atoms with Crippen molar-refractivity contribution in [1.82, 2.24) is 20.2 Å². The van der Waals surface area contributed by atoms with Gasteiger partial charge in [-0.1, -0.05) is 89.0 Å². The second-order valence-corrected chi connectivity index (χ2v) is 16.0. The van der Waals surface area contributed by atoms with Crippen molar-refractivity contribution in [2.45, 2.75) is 97.4 Å². The van der Waals surface area contributed by atoms with Crippen molar-refractivity contribution in [2.75, 3.05) is 20.3 Å². The predicted molar refractivity (Wildman–Crippen MR) is 204 cm³/mol. The number of hydrogen-bond acceptors (Lipinski definition) is 9. The Kier molecular flexibility index (Phi) is 13.2. The Labute approximate surface area is 317 Å². The number of rotatable bonds is 16. The van der Waals surface area contributed by atoms with Crippen LogP contribution in [0, 0.1) is 23.2 Å². The van der Waals surface area contributed by atoms with E-state index in [0.29, 0.717) is 29.1 Å². The number of alkyl carbamates (subject to hydrolysis) is 1. The average molecular weight is 749 g/mol. The summed E-state index contributed by atoms with van der Waals surface area (Å²) in [5.74, 6) is -0.519. The minimum atomic E-state index is -1.04. The van der Waals surface area contributed by atoms with Crippen LogP contribution < -0.4 is 14.8 Å². The molecule has 2 amide bonds. The van der Waals surface area contributed by atoms with E-state index >= 15 is 0 Å². The molecule has 0 unspecified atom stereocenters. The molecule has 6 atom stereocenters. The predicted octanol–water partition coefficient (Wildman–Crippen LogP) is 7.58. The highest BCUT2D eigenvalue weighted by atomic mass is 35.5. The fourth-order valence-electron chi connectivity index (χ4n) is 6.80. The Balaban J connectivity index is 1.45. The molecule has 53 heavy (non-hydrogen) atoms. The van der Waals surface area contributed by atoms with Gasteiger partial charge < -0.3 is 29.2 Å². The standard InChI is InChI=1S/C41H53ClN4O7/c1-8-9-10-14-17-27-21-32(27)53-40(49)45-35(41(4,5)6)38(47)46-23-33(52-37-36(42)43-30-19-18-28(50-7)22-31(30)44-37)29(20-26-15-12-11-13-16-26)34(46)39(48)51-24-25(2)3/h8,11-13,15-16,18-19,22,25,27,29,32-35H,1,9-10,14,17,20-21,23-24H2,2-7H3,(H,45,49)/t27-,29-,32-,33+,34+,35-/m1/s1. The molecule has 0 radical (unpaired) electrons. The van der Waals surface area contributed by atoms with E-state index in [1.807, 2.05) is 71.0 Å². The molecular formula is C41H53ClN4O7. The molecule has 1 N–H and O–H groups in total. The number of halogens is 1. The summed E-state index contributed by atoms with van der Waals surface area (Å²) in [5, 5.41) is 2.91. The lowest BCUT2D eigenvalue weighted by Crippen LogP contribution is -2.57. The van der Waals surface area contributed by atoms with Crippen LogP contribution in [0.2, 0.25) is 5.15 Å². The van der Waals surface area contributed by atoms with Crippen molar-refractivity contribution in [2.24, 2.45) is 23.2 Å². The molecule has 11 nitrogen and oxygen atoms in total. The quantitative estimate of drug-likeness (QED) is 0.0895. The Morgan fingerprint density at radius 3 is 2.49 bits per heavy atom.